The number of nitrogens with zero attached hydrogens (tertiary/aromatic N) is 1. The molecule has 1 saturated heterocycles. The third-order valence-electron chi connectivity index (χ3n) is 3.30. The van der Waals surface area contributed by atoms with Gasteiger partial charge in [0, 0.05) is 30.6 Å². The fraction of sp³-hybridized carbons (Fsp3) is 0.667. The molecule has 2 rings (SSSR count). The molecular formula is C15H23FN2O2S. The molecule has 0 aromatic carbocycles. The first-order valence-corrected chi connectivity index (χ1v) is 8.09. The van der Waals surface area contributed by atoms with E-state index in [9.17, 15) is 9.18 Å². The Labute approximate surface area is 129 Å². The average Bonchev–Trinajstić information content (AvgIpc) is 2.95. The van der Waals surface area contributed by atoms with E-state index in [1.807, 2.05) is 32.2 Å². The molecule has 1 aliphatic rings. The van der Waals surface area contributed by atoms with Crippen LogP contribution in [0.5, 0.6) is 0 Å². The maximum absolute atomic E-state index is 13.7. The van der Waals surface area contributed by atoms with Crippen LogP contribution in [0, 0.1) is 0 Å². The number of alkyl halides is 1. The van der Waals surface area contributed by atoms with Crippen LogP contribution in [0.25, 0.3) is 0 Å². The molecule has 2 atom stereocenters. The monoisotopic (exact) mass is 314 g/mol. The number of carbonyl (C=O) groups excluding carboxylic acids is 1. The van der Waals surface area contributed by atoms with Crippen molar-refractivity contribution in [3.8, 4) is 0 Å². The summed E-state index contributed by atoms with van der Waals surface area (Å²) in [5.41, 5.74) is -0.515. The maximum atomic E-state index is 13.7. The number of thiophene rings is 1. The molecule has 1 aromatic heterocycles. The smallest absolute Gasteiger partial charge is 0.407 e. The molecule has 6 heteroatoms. The normalized spacial score (nSPS) is 23.2. The zero-order chi connectivity index (χ0) is 15.5. The molecule has 1 aromatic rings. The van der Waals surface area contributed by atoms with E-state index >= 15 is 0 Å². The number of alkyl carbamates (subject to hydrolysis) is 1. The average molecular weight is 314 g/mol. The van der Waals surface area contributed by atoms with Crippen LogP contribution in [0.2, 0.25) is 0 Å². The molecule has 1 N–H and O–H groups in total. The van der Waals surface area contributed by atoms with E-state index in [1.165, 1.54) is 4.88 Å². The predicted molar refractivity (Wildman–Crippen MR) is 82.3 cm³/mol. The number of hydrogen-bond donors (Lipinski definition) is 1. The minimum absolute atomic E-state index is 0.0228. The number of hydrogen-bond acceptors (Lipinski definition) is 4. The second-order valence-corrected chi connectivity index (χ2v) is 7.41. The molecule has 0 unspecified atom stereocenters. The van der Waals surface area contributed by atoms with Gasteiger partial charge in [0.1, 0.15) is 11.8 Å². The van der Waals surface area contributed by atoms with Crippen LogP contribution in [-0.2, 0) is 11.3 Å². The van der Waals surface area contributed by atoms with Crippen LogP contribution in [0.3, 0.4) is 0 Å². The quantitative estimate of drug-likeness (QED) is 0.928. The fourth-order valence-electron chi connectivity index (χ4n) is 2.45. The van der Waals surface area contributed by atoms with Gasteiger partial charge in [0.2, 0.25) is 0 Å². The van der Waals surface area contributed by atoms with Gasteiger partial charge in [-0.25, -0.2) is 9.18 Å². The van der Waals surface area contributed by atoms with Gasteiger partial charge in [-0.3, -0.25) is 4.90 Å². The Balaban J connectivity index is 1.84. The lowest BCUT2D eigenvalue weighted by atomic mass is 10.2. The lowest BCUT2D eigenvalue weighted by Crippen LogP contribution is -2.41. The van der Waals surface area contributed by atoms with Crippen LogP contribution in [0.15, 0.2) is 17.5 Å². The Bertz CT molecular complexity index is 459. The van der Waals surface area contributed by atoms with E-state index in [0.29, 0.717) is 19.5 Å². The van der Waals surface area contributed by atoms with Crippen molar-refractivity contribution in [1.82, 2.24) is 10.2 Å². The summed E-state index contributed by atoms with van der Waals surface area (Å²) in [6, 6.07) is 4.07. The SMILES string of the molecule is CC(C)(C)OC(=O)NC[C@@H]1C[C@H](F)CN1Cc1cccs1. The van der Waals surface area contributed by atoms with E-state index in [4.69, 9.17) is 4.74 Å². The highest BCUT2D eigenvalue weighted by Gasteiger charge is 2.32. The van der Waals surface area contributed by atoms with Crippen molar-refractivity contribution in [3.63, 3.8) is 0 Å². The maximum Gasteiger partial charge on any atom is 0.407 e. The van der Waals surface area contributed by atoms with Gasteiger partial charge in [-0.1, -0.05) is 6.07 Å². The van der Waals surface area contributed by atoms with Crippen molar-refractivity contribution in [2.24, 2.45) is 0 Å². The standard InChI is InChI=1S/C15H23FN2O2S/c1-15(2,3)20-14(19)17-8-12-7-11(16)9-18(12)10-13-5-4-6-21-13/h4-6,11-12H,7-10H2,1-3H3,(H,17,19)/t11-,12-/m0/s1. The minimum atomic E-state index is -0.824. The molecule has 21 heavy (non-hydrogen) atoms. The molecule has 0 aliphatic carbocycles. The first-order valence-electron chi connectivity index (χ1n) is 7.21. The fourth-order valence-corrected chi connectivity index (χ4v) is 3.18. The van der Waals surface area contributed by atoms with Gasteiger partial charge in [-0.15, -0.1) is 11.3 Å². The lowest BCUT2D eigenvalue weighted by Gasteiger charge is -2.25. The molecule has 1 fully saturated rings. The third kappa shape index (κ3) is 5.28. The van der Waals surface area contributed by atoms with Gasteiger partial charge >= 0.3 is 6.09 Å². The van der Waals surface area contributed by atoms with Crippen LogP contribution in [-0.4, -0.2) is 41.9 Å². The Kier molecular flexibility index (Phi) is 5.22. The summed E-state index contributed by atoms with van der Waals surface area (Å²) < 4.78 is 18.9. The van der Waals surface area contributed by atoms with Crippen LogP contribution < -0.4 is 5.32 Å². The largest absolute Gasteiger partial charge is 0.444 e. The molecule has 1 amide bonds. The Morgan fingerprint density at radius 1 is 1.57 bits per heavy atom. The number of carbonyl (C=O) groups is 1. The highest BCUT2D eigenvalue weighted by molar-refractivity contribution is 7.09. The van der Waals surface area contributed by atoms with Gasteiger partial charge in [-0.2, -0.15) is 0 Å². The summed E-state index contributed by atoms with van der Waals surface area (Å²) in [5.74, 6) is 0. The number of halogens is 1. The first-order chi connectivity index (χ1) is 9.83. The topological polar surface area (TPSA) is 41.6 Å². The molecule has 118 valence electrons. The minimum Gasteiger partial charge on any atom is -0.444 e. The predicted octanol–water partition coefficient (Wildman–Crippen LogP) is 3.19. The summed E-state index contributed by atoms with van der Waals surface area (Å²) in [4.78, 5) is 15.0. The van der Waals surface area contributed by atoms with E-state index in [-0.39, 0.29) is 6.04 Å². The summed E-state index contributed by atoms with van der Waals surface area (Å²) in [7, 11) is 0. The zero-order valence-electron chi connectivity index (χ0n) is 12.8. The second-order valence-electron chi connectivity index (χ2n) is 6.38. The Hall–Kier alpha value is -1.14. The second kappa shape index (κ2) is 6.75. The molecule has 0 saturated carbocycles. The Morgan fingerprint density at radius 3 is 2.95 bits per heavy atom. The van der Waals surface area contributed by atoms with E-state index in [0.717, 1.165) is 6.54 Å². The van der Waals surface area contributed by atoms with Gasteiger partial charge in [0.25, 0.3) is 0 Å². The van der Waals surface area contributed by atoms with E-state index in [1.54, 1.807) is 11.3 Å². The molecular weight excluding hydrogens is 291 g/mol. The molecule has 1 aliphatic heterocycles. The van der Waals surface area contributed by atoms with Crippen molar-refractivity contribution < 1.29 is 13.9 Å². The van der Waals surface area contributed by atoms with Crippen LogP contribution in [0.4, 0.5) is 9.18 Å². The third-order valence-corrected chi connectivity index (χ3v) is 4.16. The van der Waals surface area contributed by atoms with Gasteiger partial charge in [0.15, 0.2) is 0 Å². The summed E-state index contributed by atoms with van der Waals surface area (Å²) >= 11 is 1.67. The van der Waals surface area contributed by atoms with Crippen molar-refractivity contribution in [2.75, 3.05) is 13.1 Å². The molecule has 4 nitrogen and oxygen atoms in total. The van der Waals surface area contributed by atoms with Crippen molar-refractivity contribution >= 4 is 17.4 Å². The van der Waals surface area contributed by atoms with Gasteiger partial charge in [0.05, 0.1) is 0 Å². The molecule has 2 heterocycles. The Morgan fingerprint density at radius 2 is 2.33 bits per heavy atom. The number of amides is 1. The summed E-state index contributed by atoms with van der Waals surface area (Å²) in [5, 5.41) is 4.77. The number of likely N-dealkylation sites (tertiary alicyclic amines) is 1. The molecule has 0 radical (unpaired) electrons. The van der Waals surface area contributed by atoms with E-state index in [2.05, 4.69) is 16.3 Å². The summed E-state index contributed by atoms with van der Waals surface area (Å²) in [6.07, 6.45) is -0.808. The van der Waals surface area contributed by atoms with Crippen molar-refractivity contribution in [1.29, 1.82) is 0 Å². The zero-order valence-corrected chi connectivity index (χ0v) is 13.6. The van der Waals surface area contributed by atoms with Gasteiger partial charge < -0.3 is 10.1 Å². The van der Waals surface area contributed by atoms with E-state index < -0.39 is 17.9 Å². The number of ether oxygens (including phenoxy) is 1. The number of rotatable bonds is 4. The van der Waals surface area contributed by atoms with Crippen LogP contribution in [0.1, 0.15) is 32.1 Å². The summed E-state index contributed by atoms with van der Waals surface area (Å²) in [6.45, 7) is 7.05. The first kappa shape index (κ1) is 16.2. The lowest BCUT2D eigenvalue weighted by molar-refractivity contribution is 0.0512. The highest BCUT2D eigenvalue weighted by Crippen LogP contribution is 2.23. The highest BCUT2D eigenvalue weighted by atomic mass is 32.1. The molecule has 0 spiro atoms. The molecule has 0 bridgehead atoms. The van der Waals surface area contributed by atoms with Crippen molar-refractivity contribution in [2.45, 2.75) is 51.6 Å². The van der Waals surface area contributed by atoms with Crippen molar-refractivity contribution in [3.05, 3.63) is 22.4 Å². The van der Waals surface area contributed by atoms with Crippen LogP contribution >= 0.6 is 11.3 Å². The number of nitrogens with one attached hydrogen (secondary N) is 1. The van der Waals surface area contributed by atoms with Gasteiger partial charge in [-0.05, 0) is 38.6 Å².